The molecule has 1 unspecified atom stereocenters. The maximum absolute atomic E-state index is 12.6. The smallest absolute Gasteiger partial charge is 0.264 e. The molecule has 0 aliphatic carbocycles. The highest BCUT2D eigenvalue weighted by Gasteiger charge is 2.29. The van der Waals surface area contributed by atoms with E-state index in [1.54, 1.807) is 12.1 Å². The fraction of sp³-hybridized carbons (Fsp3) is 0.391. The van der Waals surface area contributed by atoms with E-state index in [9.17, 15) is 9.59 Å². The highest BCUT2D eigenvalue weighted by Crippen LogP contribution is 2.26. The minimum Gasteiger partial charge on any atom is -0.370 e. The molecule has 9 nitrogen and oxygen atoms in total. The Kier molecular flexibility index (Phi) is 7.60. The Morgan fingerprint density at radius 3 is 2.82 bits per heavy atom. The third kappa shape index (κ3) is 6.40. The van der Waals surface area contributed by atoms with E-state index >= 15 is 0 Å². The number of hydrogen-bond acceptors (Lipinski definition) is 7. The number of rotatable bonds is 9. The normalized spacial score (nSPS) is 17.0. The summed E-state index contributed by atoms with van der Waals surface area (Å²) in [6.45, 7) is 6.45. The molecule has 3 aromatic heterocycles. The van der Waals surface area contributed by atoms with Crippen LogP contribution >= 0.6 is 23.5 Å². The number of carbonyl (C=O) groups excluding carboxylic acids is 1. The summed E-state index contributed by atoms with van der Waals surface area (Å²) in [5, 5.41) is 10.2. The molecule has 180 valence electrons. The van der Waals surface area contributed by atoms with Gasteiger partial charge in [-0.15, -0.1) is 0 Å². The number of nitrogens with one attached hydrogen (secondary N) is 4. The predicted octanol–water partition coefficient (Wildman–Crippen LogP) is 3.63. The number of pyridine rings is 2. The van der Waals surface area contributed by atoms with Gasteiger partial charge in [0.25, 0.3) is 11.5 Å². The van der Waals surface area contributed by atoms with Crippen LogP contribution in [0.1, 0.15) is 43.5 Å². The number of anilines is 1. The highest BCUT2D eigenvalue weighted by molar-refractivity contribution is 7.97. The zero-order valence-electron chi connectivity index (χ0n) is 19.1. The average Bonchev–Trinajstić information content (AvgIpc) is 3.40. The van der Waals surface area contributed by atoms with Gasteiger partial charge in [-0.3, -0.25) is 19.4 Å². The predicted molar refractivity (Wildman–Crippen MR) is 135 cm³/mol. The molecule has 1 aliphatic heterocycles. The molecule has 4 N–H and O–H groups in total. The van der Waals surface area contributed by atoms with Crippen LogP contribution in [0.4, 0.5) is 5.82 Å². The van der Waals surface area contributed by atoms with Crippen LogP contribution < -0.4 is 20.9 Å². The number of nitrogens with zero attached hydrogens (tertiary/aromatic N) is 3. The molecule has 0 aromatic carbocycles. The van der Waals surface area contributed by atoms with Crippen LogP contribution in [-0.4, -0.2) is 44.3 Å². The molecule has 3 aromatic rings. The lowest BCUT2D eigenvalue weighted by atomic mass is 9.94. The number of amides is 1. The molecule has 0 radical (unpaired) electrons. The van der Waals surface area contributed by atoms with Crippen LogP contribution in [0.25, 0.3) is 5.82 Å². The molecule has 1 fully saturated rings. The molecular formula is C23H28ClN7O2S. The Morgan fingerprint density at radius 1 is 1.26 bits per heavy atom. The fourth-order valence-electron chi connectivity index (χ4n) is 4.02. The van der Waals surface area contributed by atoms with E-state index < -0.39 is 0 Å². The second-order valence-corrected chi connectivity index (χ2v) is 10.2. The molecule has 1 amide bonds. The van der Waals surface area contributed by atoms with Crippen molar-refractivity contribution in [2.45, 2.75) is 43.7 Å². The Bertz CT molecular complexity index is 1210. The summed E-state index contributed by atoms with van der Waals surface area (Å²) in [6, 6.07) is 10.2. The molecule has 0 spiro atoms. The van der Waals surface area contributed by atoms with Crippen molar-refractivity contribution in [3.8, 4) is 5.82 Å². The number of halogens is 1. The molecule has 4 rings (SSSR count). The first kappa shape index (κ1) is 24.3. The lowest BCUT2D eigenvalue weighted by Crippen LogP contribution is -2.31. The topological polar surface area (TPSA) is 117 Å². The van der Waals surface area contributed by atoms with Gasteiger partial charge in [0, 0.05) is 36.3 Å². The largest absolute Gasteiger partial charge is 0.370 e. The van der Waals surface area contributed by atoms with Gasteiger partial charge in [-0.25, -0.2) is 14.6 Å². The van der Waals surface area contributed by atoms with Gasteiger partial charge in [0.2, 0.25) is 0 Å². The summed E-state index contributed by atoms with van der Waals surface area (Å²) in [5.74, 6) is 1.52. The minimum absolute atomic E-state index is 0.0365. The van der Waals surface area contributed by atoms with Gasteiger partial charge in [0.05, 0.1) is 5.56 Å². The van der Waals surface area contributed by atoms with Crippen molar-refractivity contribution in [1.29, 1.82) is 0 Å². The molecule has 1 atom stereocenters. The maximum Gasteiger partial charge on any atom is 0.264 e. The van der Waals surface area contributed by atoms with E-state index in [1.165, 1.54) is 29.8 Å². The summed E-state index contributed by atoms with van der Waals surface area (Å²) >= 11 is 7.32. The molecule has 0 bridgehead atoms. The Hall–Kier alpha value is -2.82. The van der Waals surface area contributed by atoms with Crippen molar-refractivity contribution >= 4 is 35.3 Å². The minimum atomic E-state index is -0.386. The van der Waals surface area contributed by atoms with Crippen LogP contribution in [0.15, 0.2) is 52.4 Å². The van der Waals surface area contributed by atoms with E-state index in [2.05, 4.69) is 44.3 Å². The van der Waals surface area contributed by atoms with E-state index in [-0.39, 0.29) is 27.7 Å². The van der Waals surface area contributed by atoms with E-state index in [0.29, 0.717) is 10.8 Å². The molecular weight excluding hydrogens is 474 g/mol. The fourth-order valence-corrected chi connectivity index (χ4v) is 4.85. The first-order valence-corrected chi connectivity index (χ1v) is 12.4. The zero-order valence-corrected chi connectivity index (χ0v) is 20.7. The van der Waals surface area contributed by atoms with Crippen molar-refractivity contribution in [2.24, 2.45) is 5.92 Å². The molecule has 4 heterocycles. The monoisotopic (exact) mass is 501 g/mol. The van der Waals surface area contributed by atoms with Gasteiger partial charge in [-0.2, -0.15) is 0 Å². The van der Waals surface area contributed by atoms with Gasteiger partial charge in [0.1, 0.15) is 16.0 Å². The summed E-state index contributed by atoms with van der Waals surface area (Å²) in [7, 11) is 0. The molecule has 11 heteroatoms. The quantitative estimate of drug-likeness (QED) is 0.201. The van der Waals surface area contributed by atoms with Gasteiger partial charge in [-0.1, -0.05) is 17.7 Å². The Balaban J connectivity index is 1.26. The molecule has 34 heavy (non-hydrogen) atoms. The van der Waals surface area contributed by atoms with Gasteiger partial charge >= 0.3 is 0 Å². The molecule has 0 saturated carbocycles. The number of H-pyrrole nitrogens is 1. The number of carbonyl (C=O) groups is 1. The number of aromatic amines is 1. The number of aromatic nitrogens is 4. The standard InChI is InChI=1S/C23H28ClN7O2S/c1-23(2)13-15(14-26-23)5-4-11-25-17-6-3-7-20(27-17)34-30-22(33)16-8-9-18(28-21(16)24)31-12-10-19(32)29-31/h3,6-10,12,15,26H,4-5,11,13-14H2,1-2H3,(H,25,27)(H,29,32)(H,30,33). The summed E-state index contributed by atoms with van der Waals surface area (Å²) < 4.78 is 4.18. The first-order chi connectivity index (χ1) is 16.3. The second kappa shape index (κ2) is 10.6. The summed E-state index contributed by atoms with van der Waals surface area (Å²) in [4.78, 5) is 32.6. The third-order valence-corrected chi connectivity index (χ3v) is 6.68. The first-order valence-electron chi connectivity index (χ1n) is 11.2. The lowest BCUT2D eigenvalue weighted by molar-refractivity contribution is 0.0984. The lowest BCUT2D eigenvalue weighted by Gasteiger charge is -2.17. The van der Waals surface area contributed by atoms with Gasteiger partial charge in [0.15, 0.2) is 5.82 Å². The SMILES string of the molecule is CC1(C)CC(CCCNc2cccc(SNC(=O)c3ccc(-n4ccc(=O)[nH]4)nc3Cl)n2)CN1. The van der Waals surface area contributed by atoms with Crippen molar-refractivity contribution in [1.82, 2.24) is 29.8 Å². The second-order valence-electron chi connectivity index (χ2n) is 8.97. The maximum atomic E-state index is 12.6. The van der Waals surface area contributed by atoms with Crippen LogP contribution in [0.2, 0.25) is 5.15 Å². The molecule has 1 saturated heterocycles. The van der Waals surface area contributed by atoms with Crippen LogP contribution in [0, 0.1) is 5.92 Å². The third-order valence-electron chi connectivity index (χ3n) is 5.67. The Labute approximate surface area is 207 Å². The van der Waals surface area contributed by atoms with Gasteiger partial charge < -0.3 is 10.6 Å². The van der Waals surface area contributed by atoms with Crippen molar-refractivity contribution in [3.63, 3.8) is 0 Å². The van der Waals surface area contributed by atoms with E-state index in [0.717, 1.165) is 43.2 Å². The van der Waals surface area contributed by atoms with E-state index in [1.807, 2.05) is 18.2 Å². The average molecular weight is 502 g/mol. The Morgan fingerprint density at radius 2 is 2.12 bits per heavy atom. The van der Waals surface area contributed by atoms with Crippen LogP contribution in [0.3, 0.4) is 0 Å². The van der Waals surface area contributed by atoms with Crippen molar-refractivity contribution < 1.29 is 4.79 Å². The zero-order chi connectivity index (χ0) is 24.1. The van der Waals surface area contributed by atoms with Crippen LogP contribution in [-0.2, 0) is 0 Å². The van der Waals surface area contributed by atoms with Gasteiger partial charge in [-0.05, 0) is 69.8 Å². The summed E-state index contributed by atoms with van der Waals surface area (Å²) in [5.41, 5.74) is 0.225. The number of hydrogen-bond donors (Lipinski definition) is 4. The van der Waals surface area contributed by atoms with Crippen LogP contribution in [0.5, 0.6) is 0 Å². The van der Waals surface area contributed by atoms with Crippen molar-refractivity contribution in [2.75, 3.05) is 18.4 Å². The highest BCUT2D eigenvalue weighted by atomic mass is 35.5. The van der Waals surface area contributed by atoms with E-state index in [4.69, 9.17) is 11.6 Å². The molecule has 1 aliphatic rings. The summed E-state index contributed by atoms with van der Waals surface area (Å²) in [6.07, 6.45) is 5.01. The van der Waals surface area contributed by atoms with Crippen molar-refractivity contribution in [3.05, 3.63) is 63.7 Å².